The van der Waals surface area contributed by atoms with E-state index in [2.05, 4.69) is 42.2 Å². The molecule has 0 unspecified atom stereocenters. The molecular formula is C16H24N2O. The number of rotatable bonds is 4. The number of hydrogen-bond acceptors (Lipinski definition) is 2. The van der Waals surface area contributed by atoms with Crippen molar-refractivity contribution in [3.8, 4) is 0 Å². The molecule has 0 saturated carbocycles. The van der Waals surface area contributed by atoms with Crippen LogP contribution in [0.2, 0.25) is 0 Å². The summed E-state index contributed by atoms with van der Waals surface area (Å²) in [6, 6.07) is 10.6. The van der Waals surface area contributed by atoms with Gasteiger partial charge in [0.2, 0.25) is 5.91 Å². The Kier molecular flexibility index (Phi) is 5.40. The summed E-state index contributed by atoms with van der Waals surface area (Å²) in [5.41, 5.74) is 1.36. The average Bonchev–Trinajstić information content (AvgIpc) is 2.66. The van der Waals surface area contributed by atoms with E-state index in [0.717, 1.165) is 45.6 Å². The zero-order chi connectivity index (χ0) is 13.5. The highest BCUT2D eigenvalue weighted by molar-refractivity contribution is 5.76. The molecule has 104 valence electrons. The summed E-state index contributed by atoms with van der Waals surface area (Å²) in [4.78, 5) is 16.4. The van der Waals surface area contributed by atoms with Crippen molar-refractivity contribution >= 4 is 5.91 Å². The van der Waals surface area contributed by atoms with E-state index in [-0.39, 0.29) is 0 Å². The lowest BCUT2D eigenvalue weighted by Gasteiger charge is -2.22. The van der Waals surface area contributed by atoms with Gasteiger partial charge in [-0.1, -0.05) is 37.3 Å². The van der Waals surface area contributed by atoms with Crippen molar-refractivity contribution in [3.63, 3.8) is 0 Å². The van der Waals surface area contributed by atoms with Crippen molar-refractivity contribution in [2.75, 3.05) is 26.2 Å². The summed E-state index contributed by atoms with van der Waals surface area (Å²) in [6.45, 7) is 6.94. The van der Waals surface area contributed by atoms with Gasteiger partial charge in [-0.15, -0.1) is 0 Å². The first kappa shape index (κ1) is 14.1. The lowest BCUT2D eigenvalue weighted by atomic mass is 10.2. The lowest BCUT2D eigenvalue weighted by molar-refractivity contribution is -0.131. The van der Waals surface area contributed by atoms with Crippen molar-refractivity contribution < 1.29 is 4.79 Å². The molecule has 1 heterocycles. The summed E-state index contributed by atoms with van der Waals surface area (Å²) in [5.74, 6) is 0.323. The maximum absolute atomic E-state index is 11.9. The highest BCUT2D eigenvalue weighted by Crippen LogP contribution is 2.10. The predicted octanol–water partition coefficient (Wildman–Crippen LogP) is 2.52. The van der Waals surface area contributed by atoms with Crippen LogP contribution in [-0.2, 0) is 11.3 Å². The lowest BCUT2D eigenvalue weighted by Crippen LogP contribution is -2.34. The molecular weight excluding hydrogens is 236 g/mol. The number of benzene rings is 1. The van der Waals surface area contributed by atoms with E-state index in [1.54, 1.807) is 0 Å². The van der Waals surface area contributed by atoms with Crippen molar-refractivity contribution in [1.82, 2.24) is 9.80 Å². The molecule has 0 N–H and O–H groups in total. The van der Waals surface area contributed by atoms with E-state index in [1.165, 1.54) is 5.56 Å². The average molecular weight is 260 g/mol. The maximum atomic E-state index is 11.9. The molecule has 0 aromatic heterocycles. The first-order valence-electron chi connectivity index (χ1n) is 7.33. The Morgan fingerprint density at radius 3 is 2.63 bits per heavy atom. The van der Waals surface area contributed by atoms with E-state index in [4.69, 9.17) is 0 Å². The van der Waals surface area contributed by atoms with Crippen LogP contribution in [0, 0.1) is 0 Å². The Labute approximate surface area is 116 Å². The molecule has 1 aromatic carbocycles. The highest BCUT2D eigenvalue weighted by Gasteiger charge is 2.18. The molecule has 1 fully saturated rings. The van der Waals surface area contributed by atoms with Gasteiger partial charge in [0.15, 0.2) is 0 Å². The Morgan fingerprint density at radius 1 is 1.11 bits per heavy atom. The van der Waals surface area contributed by atoms with Gasteiger partial charge in [0.25, 0.3) is 0 Å². The summed E-state index contributed by atoms with van der Waals surface area (Å²) in [5, 5.41) is 0. The number of nitrogens with zero attached hydrogens (tertiary/aromatic N) is 2. The van der Waals surface area contributed by atoms with Crippen LogP contribution >= 0.6 is 0 Å². The van der Waals surface area contributed by atoms with Crippen LogP contribution in [0.15, 0.2) is 30.3 Å². The number of hydrogen-bond donors (Lipinski definition) is 0. The number of carbonyl (C=O) groups is 1. The van der Waals surface area contributed by atoms with Gasteiger partial charge in [-0.2, -0.15) is 0 Å². The predicted molar refractivity (Wildman–Crippen MR) is 77.8 cm³/mol. The monoisotopic (exact) mass is 260 g/mol. The van der Waals surface area contributed by atoms with Gasteiger partial charge in [-0.3, -0.25) is 9.69 Å². The second kappa shape index (κ2) is 7.29. The largest absolute Gasteiger partial charge is 0.341 e. The van der Waals surface area contributed by atoms with Gasteiger partial charge in [0.1, 0.15) is 0 Å². The minimum atomic E-state index is 0.323. The molecule has 3 heteroatoms. The van der Waals surface area contributed by atoms with Crippen LogP contribution in [0.5, 0.6) is 0 Å². The molecule has 1 aliphatic heterocycles. The first-order chi connectivity index (χ1) is 9.29. The van der Waals surface area contributed by atoms with E-state index >= 15 is 0 Å². The molecule has 0 spiro atoms. The molecule has 0 bridgehead atoms. The molecule has 19 heavy (non-hydrogen) atoms. The van der Waals surface area contributed by atoms with Crippen LogP contribution < -0.4 is 0 Å². The molecule has 3 nitrogen and oxygen atoms in total. The molecule has 0 atom stereocenters. The topological polar surface area (TPSA) is 23.6 Å². The normalized spacial score (nSPS) is 17.2. The SMILES string of the molecule is CCCC(=O)N1CCCN(Cc2ccccc2)CC1. The molecule has 2 rings (SSSR count). The zero-order valence-corrected chi connectivity index (χ0v) is 11.8. The number of amides is 1. The van der Waals surface area contributed by atoms with Crippen molar-refractivity contribution in [1.29, 1.82) is 0 Å². The van der Waals surface area contributed by atoms with E-state index in [9.17, 15) is 4.79 Å². The first-order valence-corrected chi connectivity index (χ1v) is 7.33. The molecule has 0 radical (unpaired) electrons. The third-order valence-corrected chi connectivity index (χ3v) is 3.65. The molecule has 1 aromatic rings. The third kappa shape index (κ3) is 4.35. The minimum absolute atomic E-state index is 0.323. The van der Waals surface area contributed by atoms with Crippen molar-refractivity contribution in [2.24, 2.45) is 0 Å². The van der Waals surface area contributed by atoms with Crippen molar-refractivity contribution in [2.45, 2.75) is 32.7 Å². The van der Waals surface area contributed by atoms with E-state index in [1.807, 2.05) is 4.90 Å². The number of carbonyl (C=O) groups excluding carboxylic acids is 1. The van der Waals surface area contributed by atoms with Crippen LogP contribution in [0.4, 0.5) is 0 Å². The second-order valence-corrected chi connectivity index (χ2v) is 5.25. The fourth-order valence-electron chi connectivity index (χ4n) is 2.59. The summed E-state index contributed by atoms with van der Waals surface area (Å²) in [6.07, 6.45) is 2.73. The van der Waals surface area contributed by atoms with Crippen LogP contribution in [0.1, 0.15) is 31.7 Å². The highest BCUT2D eigenvalue weighted by atomic mass is 16.2. The fraction of sp³-hybridized carbons (Fsp3) is 0.562. The van der Waals surface area contributed by atoms with E-state index in [0.29, 0.717) is 12.3 Å². The Bertz CT molecular complexity index is 391. The quantitative estimate of drug-likeness (QED) is 0.830. The zero-order valence-electron chi connectivity index (χ0n) is 11.8. The van der Waals surface area contributed by atoms with Crippen molar-refractivity contribution in [3.05, 3.63) is 35.9 Å². The minimum Gasteiger partial charge on any atom is -0.341 e. The van der Waals surface area contributed by atoms with Gasteiger partial charge in [-0.05, 0) is 18.4 Å². The van der Waals surface area contributed by atoms with Gasteiger partial charge < -0.3 is 4.90 Å². The third-order valence-electron chi connectivity index (χ3n) is 3.65. The van der Waals surface area contributed by atoms with E-state index < -0.39 is 0 Å². The smallest absolute Gasteiger partial charge is 0.222 e. The molecule has 0 aliphatic carbocycles. The Morgan fingerprint density at radius 2 is 1.89 bits per heavy atom. The molecule has 1 aliphatic rings. The Balaban J connectivity index is 1.85. The second-order valence-electron chi connectivity index (χ2n) is 5.25. The fourth-order valence-corrected chi connectivity index (χ4v) is 2.59. The summed E-state index contributed by atoms with van der Waals surface area (Å²) >= 11 is 0. The summed E-state index contributed by atoms with van der Waals surface area (Å²) < 4.78 is 0. The van der Waals surface area contributed by atoms with Crippen LogP contribution in [0.25, 0.3) is 0 Å². The van der Waals surface area contributed by atoms with Gasteiger partial charge in [0.05, 0.1) is 0 Å². The van der Waals surface area contributed by atoms with Gasteiger partial charge in [-0.25, -0.2) is 0 Å². The van der Waals surface area contributed by atoms with Gasteiger partial charge in [0, 0.05) is 39.1 Å². The Hall–Kier alpha value is -1.35. The van der Waals surface area contributed by atoms with Gasteiger partial charge >= 0.3 is 0 Å². The summed E-state index contributed by atoms with van der Waals surface area (Å²) in [7, 11) is 0. The standard InChI is InChI=1S/C16H24N2O/c1-2-7-16(19)18-11-6-10-17(12-13-18)14-15-8-4-3-5-9-15/h3-5,8-9H,2,6-7,10-14H2,1H3. The molecule has 1 amide bonds. The van der Waals surface area contributed by atoms with Crippen LogP contribution in [-0.4, -0.2) is 41.9 Å². The maximum Gasteiger partial charge on any atom is 0.222 e. The van der Waals surface area contributed by atoms with Crippen LogP contribution in [0.3, 0.4) is 0 Å². The molecule has 1 saturated heterocycles.